The fourth-order valence-corrected chi connectivity index (χ4v) is 4.53. The van der Waals surface area contributed by atoms with Crippen LogP contribution in [0.15, 0.2) is 30.3 Å². The SMILES string of the molecule is CCCC1CCC(CCC2COC(CCc3ccccc3)OC2)CC1. The van der Waals surface area contributed by atoms with Crippen LogP contribution in [0.1, 0.15) is 70.3 Å². The van der Waals surface area contributed by atoms with Gasteiger partial charge >= 0.3 is 0 Å². The van der Waals surface area contributed by atoms with E-state index in [2.05, 4.69) is 37.3 Å². The highest BCUT2D eigenvalue weighted by Gasteiger charge is 2.25. The summed E-state index contributed by atoms with van der Waals surface area (Å²) in [7, 11) is 0. The maximum Gasteiger partial charge on any atom is 0.157 e. The molecule has 3 rings (SSSR count). The Morgan fingerprint density at radius 3 is 2.00 bits per heavy atom. The molecule has 0 bridgehead atoms. The standard InChI is InChI=1S/C23H36O2/c1-2-6-19-9-11-21(12-10-19)13-14-22-17-24-23(25-18-22)16-15-20-7-4-3-5-8-20/h3-5,7-8,19,21-23H,2,6,9-18H2,1H3. The molecular weight excluding hydrogens is 308 g/mol. The van der Waals surface area contributed by atoms with Crippen molar-refractivity contribution >= 4 is 0 Å². The predicted molar refractivity (Wildman–Crippen MR) is 104 cm³/mol. The van der Waals surface area contributed by atoms with Gasteiger partial charge in [-0.25, -0.2) is 0 Å². The molecule has 1 aliphatic heterocycles. The maximum absolute atomic E-state index is 5.98. The fraction of sp³-hybridized carbons (Fsp3) is 0.739. The van der Waals surface area contributed by atoms with Crippen LogP contribution in [0.5, 0.6) is 0 Å². The Hall–Kier alpha value is -0.860. The first kappa shape index (κ1) is 18.9. The molecule has 0 atom stereocenters. The lowest BCUT2D eigenvalue weighted by atomic mass is 9.77. The van der Waals surface area contributed by atoms with Gasteiger partial charge in [-0.2, -0.15) is 0 Å². The van der Waals surface area contributed by atoms with Gasteiger partial charge in [0.2, 0.25) is 0 Å². The molecule has 2 heteroatoms. The van der Waals surface area contributed by atoms with Crippen LogP contribution in [0.25, 0.3) is 0 Å². The molecule has 1 heterocycles. The first-order valence-corrected chi connectivity index (χ1v) is 10.6. The number of ether oxygens (including phenoxy) is 2. The van der Waals surface area contributed by atoms with Crippen LogP contribution in [-0.4, -0.2) is 19.5 Å². The second kappa shape index (κ2) is 10.3. The molecule has 2 nitrogen and oxygen atoms in total. The van der Waals surface area contributed by atoms with Gasteiger partial charge in [-0.3, -0.25) is 0 Å². The molecule has 1 aliphatic carbocycles. The molecule has 0 spiro atoms. The molecule has 1 aromatic carbocycles. The Bertz CT molecular complexity index is 456. The lowest BCUT2D eigenvalue weighted by Crippen LogP contribution is -2.32. The van der Waals surface area contributed by atoms with Gasteiger partial charge in [0, 0.05) is 12.3 Å². The van der Waals surface area contributed by atoms with Crippen LogP contribution in [0, 0.1) is 17.8 Å². The van der Waals surface area contributed by atoms with Crippen LogP contribution < -0.4 is 0 Å². The van der Waals surface area contributed by atoms with Crippen molar-refractivity contribution in [1.82, 2.24) is 0 Å². The third kappa shape index (κ3) is 6.42. The number of aryl methyl sites for hydroxylation is 1. The summed E-state index contributed by atoms with van der Waals surface area (Å²) < 4.78 is 12.0. The molecule has 1 aromatic rings. The summed E-state index contributed by atoms with van der Waals surface area (Å²) in [5.41, 5.74) is 1.37. The van der Waals surface area contributed by atoms with E-state index in [0.717, 1.165) is 37.9 Å². The normalized spacial score (nSPS) is 30.3. The van der Waals surface area contributed by atoms with E-state index in [-0.39, 0.29) is 6.29 Å². The third-order valence-corrected chi connectivity index (χ3v) is 6.19. The van der Waals surface area contributed by atoms with E-state index in [1.165, 1.54) is 56.9 Å². The molecule has 0 aromatic heterocycles. The van der Waals surface area contributed by atoms with Gasteiger partial charge in [0.25, 0.3) is 0 Å². The molecule has 0 N–H and O–H groups in total. The summed E-state index contributed by atoms with van der Waals surface area (Å²) in [6.07, 6.45) is 13.3. The van der Waals surface area contributed by atoms with E-state index >= 15 is 0 Å². The van der Waals surface area contributed by atoms with E-state index in [4.69, 9.17) is 9.47 Å². The predicted octanol–water partition coefficient (Wildman–Crippen LogP) is 6.00. The van der Waals surface area contributed by atoms with Crippen LogP contribution >= 0.6 is 0 Å². The van der Waals surface area contributed by atoms with E-state index in [9.17, 15) is 0 Å². The number of benzene rings is 1. The fourth-order valence-electron chi connectivity index (χ4n) is 4.53. The molecule has 0 unspecified atom stereocenters. The molecule has 1 saturated carbocycles. The van der Waals surface area contributed by atoms with Gasteiger partial charge in [0.1, 0.15) is 0 Å². The highest BCUT2D eigenvalue weighted by atomic mass is 16.7. The van der Waals surface area contributed by atoms with Gasteiger partial charge in [0.05, 0.1) is 13.2 Å². The summed E-state index contributed by atoms with van der Waals surface area (Å²) >= 11 is 0. The molecule has 0 amide bonds. The zero-order valence-corrected chi connectivity index (χ0v) is 16.0. The number of hydrogen-bond acceptors (Lipinski definition) is 2. The molecular formula is C23H36O2. The molecule has 2 aliphatic rings. The Kier molecular flexibility index (Phi) is 7.81. The molecule has 1 saturated heterocycles. The Morgan fingerprint density at radius 1 is 0.760 bits per heavy atom. The zero-order chi connectivity index (χ0) is 17.3. The maximum atomic E-state index is 5.98. The summed E-state index contributed by atoms with van der Waals surface area (Å²) in [4.78, 5) is 0. The topological polar surface area (TPSA) is 18.5 Å². The van der Waals surface area contributed by atoms with Crippen LogP contribution in [-0.2, 0) is 15.9 Å². The van der Waals surface area contributed by atoms with Crippen molar-refractivity contribution in [3.63, 3.8) is 0 Å². The van der Waals surface area contributed by atoms with E-state index in [1.54, 1.807) is 0 Å². The van der Waals surface area contributed by atoms with Crippen LogP contribution in [0.4, 0.5) is 0 Å². The van der Waals surface area contributed by atoms with Gasteiger partial charge in [0.15, 0.2) is 6.29 Å². The van der Waals surface area contributed by atoms with Crippen molar-refractivity contribution in [3.05, 3.63) is 35.9 Å². The molecule has 140 valence electrons. The minimum Gasteiger partial charge on any atom is -0.352 e. The first-order chi connectivity index (χ1) is 12.3. The van der Waals surface area contributed by atoms with Gasteiger partial charge in [-0.15, -0.1) is 0 Å². The Morgan fingerprint density at radius 2 is 1.36 bits per heavy atom. The van der Waals surface area contributed by atoms with E-state index in [1.807, 2.05) is 0 Å². The highest BCUT2D eigenvalue weighted by Crippen LogP contribution is 2.34. The summed E-state index contributed by atoms with van der Waals surface area (Å²) in [5, 5.41) is 0. The third-order valence-electron chi connectivity index (χ3n) is 6.19. The zero-order valence-electron chi connectivity index (χ0n) is 16.0. The number of rotatable bonds is 8. The van der Waals surface area contributed by atoms with Crippen molar-refractivity contribution in [3.8, 4) is 0 Å². The minimum absolute atomic E-state index is 0.000869. The van der Waals surface area contributed by atoms with Gasteiger partial charge in [-0.05, 0) is 30.2 Å². The highest BCUT2D eigenvalue weighted by molar-refractivity contribution is 5.14. The van der Waals surface area contributed by atoms with Crippen molar-refractivity contribution in [2.75, 3.05) is 13.2 Å². The number of hydrogen-bond donors (Lipinski definition) is 0. The Labute approximate surface area is 154 Å². The lowest BCUT2D eigenvalue weighted by molar-refractivity contribution is -0.203. The summed E-state index contributed by atoms with van der Waals surface area (Å²) in [5.74, 6) is 2.60. The minimum atomic E-state index is 0.000869. The van der Waals surface area contributed by atoms with Crippen LogP contribution in [0.3, 0.4) is 0 Å². The molecule has 2 fully saturated rings. The van der Waals surface area contributed by atoms with E-state index in [0.29, 0.717) is 5.92 Å². The van der Waals surface area contributed by atoms with Crippen molar-refractivity contribution in [1.29, 1.82) is 0 Å². The van der Waals surface area contributed by atoms with Crippen molar-refractivity contribution in [2.45, 2.75) is 77.4 Å². The monoisotopic (exact) mass is 344 g/mol. The van der Waals surface area contributed by atoms with E-state index < -0.39 is 0 Å². The second-order valence-corrected chi connectivity index (χ2v) is 8.24. The smallest absolute Gasteiger partial charge is 0.157 e. The van der Waals surface area contributed by atoms with Crippen molar-refractivity contribution in [2.24, 2.45) is 17.8 Å². The molecule has 25 heavy (non-hydrogen) atoms. The summed E-state index contributed by atoms with van der Waals surface area (Å²) in [6.45, 7) is 4.11. The molecule has 0 radical (unpaired) electrons. The van der Waals surface area contributed by atoms with Crippen molar-refractivity contribution < 1.29 is 9.47 Å². The second-order valence-electron chi connectivity index (χ2n) is 8.24. The van der Waals surface area contributed by atoms with Crippen LogP contribution in [0.2, 0.25) is 0 Å². The van der Waals surface area contributed by atoms with Gasteiger partial charge in [-0.1, -0.05) is 82.2 Å². The first-order valence-electron chi connectivity index (χ1n) is 10.6. The average molecular weight is 345 g/mol. The van der Waals surface area contributed by atoms with Gasteiger partial charge < -0.3 is 9.47 Å². The average Bonchev–Trinajstić information content (AvgIpc) is 2.68. The lowest BCUT2D eigenvalue weighted by Gasteiger charge is -2.32. The quantitative estimate of drug-likeness (QED) is 0.576. The summed E-state index contributed by atoms with van der Waals surface area (Å²) in [6, 6.07) is 10.6. The largest absolute Gasteiger partial charge is 0.352 e. The Balaban J connectivity index is 1.27.